The summed E-state index contributed by atoms with van der Waals surface area (Å²) >= 11 is 1.48. The number of rotatable bonds is 3. The Morgan fingerprint density at radius 2 is 2.20 bits per heavy atom. The number of hydrogen-bond acceptors (Lipinski definition) is 3. The van der Waals surface area contributed by atoms with Crippen molar-refractivity contribution in [3.05, 3.63) is 24.3 Å². The van der Waals surface area contributed by atoms with Crippen molar-refractivity contribution in [2.45, 2.75) is 12.1 Å². The molecule has 0 N–H and O–H groups in total. The number of carbonyl (C=O) groups is 1. The smallest absolute Gasteiger partial charge is 0.169 e. The van der Waals surface area contributed by atoms with Gasteiger partial charge in [-0.05, 0) is 19.1 Å². The number of para-hydroxylation sites is 2. The number of imidazole rings is 1. The first kappa shape index (κ1) is 10.2. The Labute approximate surface area is 92.5 Å². The number of benzene rings is 1. The largest absolute Gasteiger partial charge is 0.322 e. The van der Waals surface area contributed by atoms with Crippen molar-refractivity contribution >= 4 is 28.6 Å². The van der Waals surface area contributed by atoms with Crippen molar-refractivity contribution in [2.24, 2.45) is 7.05 Å². The van der Waals surface area contributed by atoms with Crippen LogP contribution in [0.3, 0.4) is 0 Å². The van der Waals surface area contributed by atoms with E-state index in [-0.39, 0.29) is 5.78 Å². The molecule has 0 aliphatic heterocycles. The van der Waals surface area contributed by atoms with Crippen LogP contribution in [0.4, 0.5) is 0 Å². The third-order valence-corrected chi connectivity index (χ3v) is 3.32. The molecule has 1 heterocycles. The van der Waals surface area contributed by atoms with Crippen LogP contribution in [-0.2, 0) is 11.8 Å². The fourth-order valence-corrected chi connectivity index (χ4v) is 2.21. The van der Waals surface area contributed by atoms with E-state index in [0.29, 0.717) is 5.75 Å². The van der Waals surface area contributed by atoms with E-state index in [9.17, 15) is 4.79 Å². The molecule has 1 aromatic carbocycles. The number of Topliss-reactive ketones (excluding diaryl/α,β-unsaturated/α-hetero) is 1. The Morgan fingerprint density at radius 1 is 1.47 bits per heavy atom. The number of nitrogens with zero attached hydrogens (tertiary/aromatic N) is 2. The molecule has 0 saturated carbocycles. The molecule has 1 aromatic heterocycles. The summed E-state index contributed by atoms with van der Waals surface area (Å²) in [6.07, 6.45) is 0. The molecule has 0 saturated heterocycles. The van der Waals surface area contributed by atoms with Crippen LogP contribution in [-0.4, -0.2) is 21.1 Å². The van der Waals surface area contributed by atoms with Gasteiger partial charge in [0.05, 0.1) is 16.8 Å². The molecule has 0 unspecified atom stereocenters. The lowest BCUT2D eigenvalue weighted by atomic mass is 10.3. The van der Waals surface area contributed by atoms with Gasteiger partial charge >= 0.3 is 0 Å². The van der Waals surface area contributed by atoms with Gasteiger partial charge in [-0.2, -0.15) is 0 Å². The highest BCUT2D eigenvalue weighted by Gasteiger charge is 2.07. The Morgan fingerprint density at radius 3 is 2.87 bits per heavy atom. The first-order valence-electron chi connectivity index (χ1n) is 4.72. The molecule has 0 radical (unpaired) electrons. The average molecular weight is 220 g/mol. The van der Waals surface area contributed by atoms with Gasteiger partial charge in [0.15, 0.2) is 5.16 Å². The quantitative estimate of drug-likeness (QED) is 0.744. The number of ketones is 1. The van der Waals surface area contributed by atoms with E-state index in [2.05, 4.69) is 4.98 Å². The van der Waals surface area contributed by atoms with Gasteiger partial charge in [0.1, 0.15) is 5.78 Å². The minimum Gasteiger partial charge on any atom is -0.322 e. The maximum absolute atomic E-state index is 10.9. The van der Waals surface area contributed by atoms with Crippen LogP contribution in [0.1, 0.15) is 6.92 Å². The molecule has 0 fully saturated rings. The van der Waals surface area contributed by atoms with Crippen molar-refractivity contribution in [3.8, 4) is 0 Å². The number of thioether (sulfide) groups is 1. The third kappa shape index (κ3) is 2.04. The van der Waals surface area contributed by atoms with Gasteiger partial charge in [-0.25, -0.2) is 4.98 Å². The van der Waals surface area contributed by atoms with E-state index in [4.69, 9.17) is 0 Å². The van der Waals surface area contributed by atoms with Crippen molar-refractivity contribution in [2.75, 3.05) is 5.75 Å². The zero-order valence-electron chi connectivity index (χ0n) is 8.73. The van der Waals surface area contributed by atoms with Crippen LogP contribution in [0.25, 0.3) is 11.0 Å². The lowest BCUT2D eigenvalue weighted by molar-refractivity contribution is -0.114. The maximum atomic E-state index is 10.9. The molecule has 0 bridgehead atoms. The predicted octanol–water partition coefficient (Wildman–Crippen LogP) is 2.25. The summed E-state index contributed by atoms with van der Waals surface area (Å²) < 4.78 is 2.02. The fraction of sp³-hybridized carbons (Fsp3) is 0.273. The highest BCUT2D eigenvalue weighted by molar-refractivity contribution is 7.99. The van der Waals surface area contributed by atoms with Gasteiger partial charge in [0.2, 0.25) is 0 Å². The molecule has 0 spiro atoms. The SMILES string of the molecule is CC(=O)CSc1nc2ccccc2n1C. The third-order valence-electron chi connectivity index (χ3n) is 2.15. The molecule has 0 amide bonds. The second kappa shape index (κ2) is 4.06. The van der Waals surface area contributed by atoms with Gasteiger partial charge in [-0.3, -0.25) is 4.79 Å². The molecule has 2 aromatic rings. The zero-order chi connectivity index (χ0) is 10.8. The molecule has 0 aliphatic carbocycles. The molecular weight excluding hydrogens is 208 g/mol. The monoisotopic (exact) mass is 220 g/mol. The first-order valence-corrected chi connectivity index (χ1v) is 5.71. The molecule has 0 atom stereocenters. The van der Waals surface area contributed by atoms with Gasteiger partial charge < -0.3 is 4.57 Å². The number of fused-ring (bicyclic) bond motifs is 1. The molecule has 2 rings (SSSR count). The lowest BCUT2D eigenvalue weighted by Gasteiger charge is -1.99. The molecule has 0 aliphatic rings. The summed E-state index contributed by atoms with van der Waals surface area (Å²) in [6.45, 7) is 1.59. The number of hydrogen-bond donors (Lipinski definition) is 0. The van der Waals surface area contributed by atoms with Crippen LogP contribution in [0, 0.1) is 0 Å². The standard InChI is InChI=1S/C11H12N2OS/c1-8(14)7-15-11-12-9-5-3-4-6-10(9)13(11)2/h3-6H,7H2,1-2H3. The Hall–Kier alpha value is -1.29. The topological polar surface area (TPSA) is 34.9 Å². The van der Waals surface area contributed by atoms with Gasteiger partial charge in [0.25, 0.3) is 0 Å². The summed E-state index contributed by atoms with van der Waals surface area (Å²) in [5.74, 6) is 0.656. The summed E-state index contributed by atoms with van der Waals surface area (Å²) in [6, 6.07) is 7.96. The van der Waals surface area contributed by atoms with Gasteiger partial charge in [-0.1, -0.05) is 23.9 Å². The lowest BCUT2D eigenvalue weighted by Crippen LogP contribution is -1.97. The molecule has 3 nitrogen and oxygen atoms in total. The van der Waals surface area contributed by atoms with Crippen molar-refractivity contribution in [1.82, 2.24) is 9.55 Å². The molecule has 4 heteroatoms. The van der Waals surface area contributed by atoms with Gasteiger partial charge in [0, 0.05) is 7.05 Å². The fourth-order valence-electron chi connectivity index (χ4n) is 1.42. The van der Waals surface area contributed by atoms with Gasteiger partial charge in [-0.15, -0.1) is 0 Å². The second-order valence-corrected chi connectivity index (χ2v) is 4.38. The number of carbonyl (C=O) groups excluding carboxylic acids is 1. The predicted molar refractivity (Wildman–Crippen MR) is 62.1 cm³/mol. The summed E-state index contributed by atoms with van der Waals surface area (Å²) in [7, 11) is 1.97. The zero-order valence-corrected chi connectivity index (χ0v) is 9.54. The van der Waals surface area contributed by atoms with E-state index >= 15 is 0 Å². The van der Waals surface area contributed by atoms with E-state index in [0.717, 1.165) is 16.2 Å². The normalized spacial score (nSPS) is 10.8. The Kier molecular flexibility index (Phi) is 2.77. The first-order chi connectivity index (χ1) is 7.18. The summed E-state index contributed by atoms with van der Waals surface area (Å²) in [4.78, 5) is 15.3. The van der Waals surface area contributed by atoms with E-state index in [1.54, 1.807) is 6.92 Å². The average Bonchev–Trinajstić information content (AvgIpc) is 2.54. The van der Waals surface area contributed by atoms with E-state index in [1.165, 1.54) is 11.8 Å². The maximum Gasteiger partial charge on any atom is 0.169 e. The summed E-state index contributed by atoms with van der Waals surface area (Å²) in [5.41, 5.74) is 2.08. The second-order valence-electron chi connectivity index (χ2n) is 3.43. The molecular formula is C11H12N2OS. The highest BCUT2D eigenvalue weighted by atomic mass is 32.2. The van der Waals surface area contributed by atoms with Crippen molar-refractivity contribution in [3.63, 3.8) is 0 Å². The number of aryl methyl sites for hydroxylation is 1. The Balaban J connectivity index is 2.36. The summed E-state index contributed by atoms with van der Waals surface area (Å²) in [5, 5.41) is 0.895. The minimum absolute atomic E-state index is 0.173. The highest BCUT2D eigenvalue weighted by Crippen LogP contribution is 2.22. The van der Waals surface area contributed by atoms with Crippen LogP contribution in [0.2, 0.25) is 0 Å². The van der Waals surface area contributed by atoms with E-state index in [1.807, 2.05) is 35.9 Å². The van der Waals surface area contributed by atoms with Crippen molar-refractivity contribution < 1.29 is 4.79 Å². The van der Waals surface area contributed by atoms with Crippen molar-refractivity contribution in [1.29, 1.82) is 0 Å². The van der Waals surface area contributed by atoms with Crippen LogP contribution < -0.4 is 0 Å². The van der Waals surface area contributed by atoms with Crippen LogP contribution in [0.5, 0.6) is 0 Å². The Bertz CT molecular complexity index is 504. The minimum atomic E-state index is 0.173. The molecule has 78 valence electrons. The van der Waals surface area contributed by atoms with E-state index < -0.39 is 0 Å². The molecule has 15 heavy (non-hydrogen) atoms. The number of aromatic nitrogens is 2. The van der Waals surface area contributed by atoms with Crippen LogP contribution in [0.15, 0.2) is 29.4 Å². The van der Waals surface area contributed by atoms with Crippen LogP contribution >= 0.6 is 11.8 Å².